The number of hydrogen-bond acceptors (Lipinski definition) is 4. The Bertz CT molecular complexity index is 998. The molecule has 2 aromatic heterocycles. The molecule has 1 unspecified atom stereocenters. The molecule has 114 valence electrons. The Morgan fingerprint density at radius 2 is 2.04 bits per heavy atom. The molecule has 0 radical (unpaired) electrons. The minimum absolute atomic E-state index is 0.342. The normalized spacial score (nSPS) is 12.8. The van der Waals surface area contributed by atoms with Crippen molar-refractivity contribution in [3.05, 3.63) is 48.7 Å². The quantitative estimate of drug-likeness (QED) is 0.574. The molecule has 0 aliphatic carbocycles. The van der Waals surface area contributed by atoms with E-state index in [0.717, 1.165) is 5.39 Å². The molecule has 2 heterocycles. The van der Waals surface area contributed by atoms with E-state index in [9.17, 15) is 8.94 Å². The van der Waals surface area contributed by atoms with Crippen LogP contribution in [0.1, 0.15) is 0 Å². The minimum Gasteiger partial charge on any atom is -0.612 e. The van der Waals surface area contributed by atoms with Crippen LogP contribution in [0, 0.1) is 5.82 Å². The molecular formula is C16H11FN4OS. The summed E-state index contributed by atoms with van der Waals surface area (Å²) in [5.41, 5.74) is 1.47. The number of nitrogens with zero attached hydrogens (tertiary/aromatic N) is 3. The van der Waals surface area contributed by atoms with E-state index in [1.54, 1.807) is 36.7 Å². The molecule has 0 saturated carbocycles. The van der Waals surface area contributed by atoms with Crippen molar-refractivity contribution in [1.29, 1.82) is 0 Å². The fourth-order valence-corrected chi connectivity index (χ4v) is 3.06. The summed E-state index contributed by atoms with van der Waals surface area (Å²) in [7, 11) is 0. The fourth-order valence-electron chi connectivity index (χ4n) is 2.51. The molecule has 1 atom stereocenters. The van der Waals surface area contributed by atoms with Gasteiger partial charge in [0.15, 0.2) is 10.5 Å². The van der Waals surface area contributed by atoms with E-state index in [2.05, 4.69) is 19.9 Å². The van der Waals surface area contributed by atoms with Crippen LogP contribution >= 0.6 is 0 Å². The summed E-state index contributed by atoms with van der Waals surface area (Å²) in [5, 5.41) is 1.16. The molecule has 23 heavy (non-hydrogen) atoms. The smallest absolute Gasteiger partial charge is 0.161 e. The van der Waals surface area contributed by atoms with Crippen molar-refractivity contribution in [2.24, 2.45) is 0 Å². The summed E-state index contributed by atoms with van der Waals surface area (Å²) in [5.74, 6) is -0.00950. The molecular weight excluding hydrogens is 315 g/mol. The van der Waals surface area contributed by atoms with Crippen molar-refractivity contribution < 1.29 is 8.94 Å². The Hall–Kier alpha value is -2.51. The second-order valence-corrected chi connectivity index (χ2v) is 6.49. The van der Waals surface area contributed by atoms with E-state index in [4.69, 9.17) is 0 Å². The summed E-state index contributed by atoms with van der Waals surface area (Å²) in [6, 6.07) is 8.62. The molecule has 4 rings (SSSR count). The number of nitrogens with one attached hydrogen (secondary N) is 1. The summed E-state index contributed by atoms with van der Waals surface area (Å²) in [4.78, 5) is 15.9. The lowest BCUT2D eigenvalue weighted by Gasteiger charge is -2.08. The van der Waals surface area contributed by atoms with E-state index >= 15 is 0 Å². The van der Waals surface area contributed by atoms with Gasteiger partial charge in [0.05, 0.1) is 11.8 Å². The Balaban J connectivity index is 1.94. The number of aromatic nitrogens is 4. The van der Waals surface area contributed by atoms with Crippen LogP contribution in [0.2, 0.25) is 0 Å². The van der Waals surface area contributed by atoms with Gasteiger partial charge in [0.2, 0.25) is 0 Å². The first kappa shape index (κ1) is 14.1. The van der Waals surface area contributed by atoms with Gasteiger partial charge < -0.3 is 9.54 Å². The maximum absolute atomic E-state index is 14.9. The fraction of sp³-hybridized carbons (Fsp3) is 0.0625. The van der Waals surface area contributed by atoms with Gasteiger partial charge in [-0.15, -0.1) is 0 Å². The maximum Gasteiger partial charge on any atom is 0.161 e. The largest absolute Gasteiger partial charge is 0.612 e. The van der Waals surface area contributed by atoms with Crippen molar-refractivity contribution in [2.45, 2.75) is 4.90 Å². The summed E-state index contributed by atoms with van der Waals surface area (Å²) in [6.07, 6.45) is 4.55. The van der Waals surface area contributed by atoms with Gasteiger partial charge in [-0.25, -0.2) is 19.3 Å². The zero-order chi connectivity index (χ0) is 16.0. The molecule has 5 nitrogen and oxygen atoms in total. The molecule has 2 aromatic carbocycles. The molecule has 4 aromatic rings. The highest BCUT2D eigenvalue weighted by Crippen LogP contribution is 2.29. The first-order chi connectivity index (χ1) is 11.1. The lowest BCUT2D eigenvalue weighted by atomic mass is 10.1. The van der Waals surface area contributed by atoms with Gasteiger partial charge in [0.25, 0.3) is 0 Å². The highest BCUT2D eigenvalue weighted by Gasteiger charge is 2.15. The van der Waals surface area contributed by atoms with Gasteiger partial charge in [0, 0.05) is 11.5 Å². The first-order valence-corrected chi connectivity index (χ1v) is 8.41. The number of hydrogen-bond donors (Lipinski definition) is 1. The number of H-pyrrole nitrogens is 1. The van der Waals surface area contributed by atoms with Crippen molar-refractivity contribution in [3.8, 4) is 11.4 Å². The lowest BCUT2D eigenvalue weighted by Crippen LogP contribution is -1.97. The van der Waals surface area contributed by atoms with Gasteiger partial charge >= 0.3 is 0 Å². The number of halogens is 1. The van der Waals surface area contributed by atoms with Crippen molar-refractivity contribution in [2.75, 3.05) is 6.26 Å². The number of aromatic amines is 1. The average Bonchev–Trinajstić information content (AvgIpc) is 2.98. The van der Waals surface area contributed by atoms with Crippen LogP contribution in [0.15, 0.2) is 47.8 Å². The molecule has 7 heteroatoms. The van der Waals surface area contributed by atoms with Crippen LogP contribution < -0.4 is 0 Å². The summed E-state index contributed by atoms with van der Waals surface area (Å²) in [6.45, 7) is 0. The van der Waals surface area contributed by atoms with Crippen molar-refractivity contribution in [1.82, 2.24) is 19.9 Å². The third-order valence-corrected chi connectivity index (χ3v) is 4.59. The Kier molecular flexibility index (Phi) is 3.24. The number of fused-ring (bicyclic) bond motifs is 2. The van der Waals surface area contributed by atoms with Gasteiger partial charge in [-0.1, -0.05) is 6.07 Å². The molecule has 0 aliphatic rings. The average molecular weight is 326 g/mol. The van der Waals surface area contributed by atoms with Crippen LogP contribution in [0.25, 0.3) is 33.3 Å². The third-order valence-electron chi connectivity index (χ3n) is 3.68. The van der Waals surface area contributed by atoms with E-state index in [1.165, 1.54) is 6.33 Å². The molecule has 0 spiro atoms. The number of benzene rings is 2. The predicted octanol–water partition coefficient (Wildman–Crippen LogP) is 3.05. The zero-order valence-corrected chi connectivity index (χ0v) is 12.9. The second-order valence-electron chi connectivity index (χ2n) is 5.11. The predicted molar refractivity (Wildman–Crippen MR) is 86.9 cm³/mol. The van der Waals surface area contributed by atoms with E-state index in [0.29, 0.717) is 32.8 Å². The Morgan fingerprint density at radius 1 is 1.22 bits per heavy atom. The Morgan fingerprint density at radius 3 is 2.83 bits per heavy atom. The van der Waals surface area contributed by atoms with Crippen LogP contribution in [0.3, 0.4) is 0 Å². The number of imidazole rings is 1. The van der Waals surface area contributed by atoms with E-state index in [-0.39, 0.29) is 0 Å². The van der Waals surface area contributed by atoms with Gasteiger partial charge in [0.1, 0.15) is 29.7 Å². The zero-order valence-electron chi connectivity index (χ0n) is 12.1. The highest BCUT2D eigenvalue weighted by atomic mass is 32.2. The molecule has 0 aliphatic heterocycles. The molecule has 0 saturated heterocycles. The Labute approximate surface area is 133 Å². The van der Waals surface area contributed by atoms with Crippen LogP contribution in [-0.4, -0.2) is 30.7 Å². The molecule has 0 fully saturated rings. The third kappa shape index (κ3) is 2.34. The van der Waals surface area contributed by atoms with Crippen LogP contribution in [0.5, 0.6) is 0 Å². The van der Waals surface area contributed by atoms with E-state index < -0.39 is 17.0 Å². The van der Waals surface area contributed by atoms with E-state index in [1.807, 2.05) is 6.07 Å². The van der Waals surface area contributed by atoms with Crippen molar-refractivity contribution >= 4 is 33.1 Å². The standard InChI is InChI=1S/C16H11FN4OS/c1-23(22)10-4-2-9-3-5-11(14(17)12(9)6-10)15-20-13-7-18-8-19-16(13)21-15/h2-8H,1H3,(H,18,19,20,21). The van der Waals surface area contributed by atoms with Crippen LogP contribution in [-0.2, 0) is 11.2 Å². The summed E-state index contributed by atoms with van der Waals surface area (Å²) >= 11 is -1.17. The minimum atomic E-state index is -1.17. The summed E-state index contributed by atoms with van der Waals surface area (Å²) < 4.78 is 26.6. The highest BCUT2D eigenvalue weighted by molar-refractivity contribution is 7.90. The topological polar surface area (TPSA) is 77.5 Å². The number of rotatable bonds is 2. The van der Waals surface area contributed by atoms with Gasteiger partial charge in [-0.2, -0.15) is 0 Å². The SMILES string of the molecule is C[S+]([O-])c1ccc2ccc(-c3nc4cncnc4[nH]3)c(F)c2c1. The van der Waals surface area contributed by atoms with Gasteiger partial charge in [-0.05, 0) is 34.8 Å². The molecule has 0 bridgehead atoms. The maximum atomic E-state index is 14.9. The molecule has 1 N–H and O–H groups in total. The van der Waals surface area contributed by atoms with Crippen LogP contribution in [0.4, 0.5) is 4.39 Å². The van der Waals surface area contributed by atoms with Gasteiger partial charge in [-0.3, -0.25) is 0 Å². The van der Waals surface area contributed by atoms with Crippen molar-refractivity contribution in [3.63, 3.8) is 0 Å². The monoisotopic (exact) mass is 326 g/mol. The lowest BCUT2D eigenvalue weighted by molar-refractivity contribution is 0.601. The second kappa shape index (κ2) is 5.29. The first-order valence-electron chi connectivity index (χ1n) is 6.85. The molecule has 0 amide bonds.